The molecule has 1 aliphatic rings. The molecule has 1 heterocycles. The number of hydrogen-bond donors (Lipinski definition) is 0. The van der Waals surface area contributed by atoms with E-state index in [0.29, 0.717) is 11.4 Å². The molecule has 27 heavy (non-hydrogen) atoms. The van der Waals surface area contributed by atoms with Gasteiger partial charge in [0.25, 0.3) is 0 Å². The summed E-state index contributed by atoms with van der Waals surface area (Å²) in [5.74, 6) is 0.161. The molecule has 1 saturated heterocycles. The first-order valence-corrected chi connectivity index (χ1v) is 9.85. The van der Waals surface area contributed by atoms with Crippen LogP contribution < -0.4 is 0 Å². The highest BCUT2D eigenvalue weighted by molar-refractivity contribution is 6.31. The largest absolute Gasteiger partial charge is 0.383 e. The van der Waals surface area contributed by atoms with Gasteiger partial charge in [-0.1, -0.05) is 60.1 Å². The fraction of sp³-hybridized carbons (Fsp3) is 0.409. The quantitative estimate of drug-likeness (QED) is 0.728. The first kappa shape index (κ1) is 19.9. The van der Waals surface area contributed by atoms with Crippen LogP contribution in [0.1, 0.15) is 23.5 Å². The van der Waals surface area contributed by atoms with Gasteiger partial charge in [0.05, 0.1) is 6.61 Å². The molecule has 2 aromatic rings. The molecular formula is C22H27ClN2O2. The molecule has 1 fully saturated rings. The van der Waals surface area contributed by atoms with Crippen molar-refractivity contribution < 1.29 is 9.53 Å². The lowest BCUT2D eigenvalue weighted by Crippen LogP contribution is -2.49. The van der Waals surface area contributed by atoms with Crippen molar-refractivity contribution in [2.75, 3.05) is 46.4 Å². The summed E-state index contributed by atoms with van der Waals surface area (Å²) in [7, 11) is 1.72. The molecule has 4 nitrogen and oxygen atoms in total. The number of hydrogen-bond acceptors (Lipinski definition) is 3. The van der Waals surface area contributed by atoms with Gasteiger partial charge in [0.15, 0.2) is 0 Å². The Hall–Kier alpha value is -1.88. The zero-order valence-electron chi connectivity index (χ0n) is 15.8. The third-order valence-corrected chi connectivity index (χ3v) is 5.54. The van der Waals surface area contributed by atoms with Gasteiger partial charge in [-0.25, -0.2) is 0 Å². The van der Waals surface area contributed by atoms with E-state index in [4.69, 9.17) is 16.3 Å². The van der Waals surface area contributed by atoms with Crippen molar-refractivity contribution in [3.8, 4) is 0 Å². The molecule has 1 amide bonds. The van der Waals surface area contributed by atoms with Crippen LogP contribution in [0.4, 0.5) is 0 Å². The van der Waals surface area contributed by atoms with Gasteiger partial charge in [0.2, 0.25) is 5.91 Å². The standard InChI is InChI=1S/C22H27ClN2O2/c1-27-16-15-24-11-13-25(14-12-24)22(26)17-20(18-7-3-2-4-8-18)19-9-5-6-10-21(19)23/h2-10,20H,11-17H2,1H3/t20-/m0/s1. The number of carbonyl (C=O) groups is 1. The fourth-order valence-corrected chi connectivity index (χ4v) is 3.86. The number of amides is 1. The minimum atomic E-state index is -0.0288. The van der Waals surface area contributed by atoms with E-state index in [1.165, 1.54) is 0 Å². The van der Waals surface area contributed by atoms with Gasteiger partial charge in [-0.3, -0.25) is 9.69 Å². The second-order valence-electron chi connectivity index (χ2n) is 6.90. The number of methoxy groups -OCH3 is 1. The second-order valence-corrected chi connectivity index (χ2v) is 7.31. The van der Waals surface area contributed by atoms with E-state index in [0.717, 1.165) is 50.5 Å². The van der Waals surface area contributed by atoms with Crippen LogP contribution in [0.25, 0.3) is 0 Å². The maximum atomic E-state index is 13.0. The summed E-state index contributed by atoms with van der Waals surface area (Å²) in [6.07, 6.45) is 0.436. The van der Waals surface area contributed by atoms with Crippen LogP contribution in [0.2, 0.25) is 5.02 Å². The summed E-state index contributed by atoms with van der Waals surface area (Å²) in [6, 6.07) is 18.0. The lowest BCUT2D eigenvalue weighted by Gasteiger charge is -2.35. The number of carbonyl (C=O) groups excluding carboxylic acids is 1. The molecule has 0 N–H and O–H groups in total. The Morgan fingerprint density at radius 1 is 1.04 bits per heavy atom. The Labute approximate surface area is 166 Å². The highest BCUT2D eigenvalue weighted by Crippen LogP contribution is 2.33. The minimum absolute atomic E-state index is 0.0288. The van der Waals surface area contributed by atoms with Crippen molar-refractivity contribution in [1.29, 1.82) is 0 Å². The van der Waals surface area contributed by atoms with Crippen molar-refractivity contribution in [2.45, 2.75) is 12.3 Å². The van der Waals surface area contributed by atoms with E-state index in [1.54, 1.807) is 7.11 Å². The molecule has 2 aromatic carbocycles. The van der Waals surface area contributed by atoms with Crippen LogP contribution in [-0.4, -0.2) is 62.1 Å². The lowest BCUT2D eigenvalue weighted by molar-refractivity contribution is -0.133. The summed E-state index contributed by atoms with van der Waals surface area (Å²) in [6.45, 7) is 4.99. The summed E-state index contributed by atoms with van der Waals surface area (Å²) in [4.78, 5) is 17.4. The van der Waals surface area contributed by atoms with E-state index < -0.39 is 0 Å². The Morgan fingerprint density at radius 3 is 2.37 bits per heavy atom. The Morgan fingerprint density at radius 2 is 1.70 bits per heavy atom. The van der Waals surface area contributed by atoms with Gasteiger partial charge in [-0.15, -0.1) is 0 Å². The summed E-state index contributed by atoms with van der Waals surface area (Å²) >= 11 is 6.46. The molecule has 1 atom stereocenters. The molecule has 0 spiro atoms. The molecule has 0 saturated carbocycles. The molecule has 0 unspecified atom stereocenters. The Kier molecular flexibility index (Phi) is 7.27. The Balaban J connectivity index is 1.70. The first-order valence-electron chi connectivity index (χ1n) is 9.47. The van der Waals surface area contributed by atoms with Crippen LogP contribution in [0.15, 0.2) is 54.6 Å². The summed E-state index contributed by atoms with van der Waals surface area (Å²) in [5.41, 5.74) is 2.13. The number of benzene rings is 2. The Bertz CT molecular complexity index is 730. The molecule has 5 heteroatoms. The highest BCUT2D eigenvalue weighted by atomic mass is 35.5. The zero-order valence-corrected chi connectivity index (χ0v) is 16.6. The minimum Gasteiger partial charge on any atom is -0.383 e. The maximum absolute atomic E-state index is 13.0. The third-order valence-electron chi connectivity index (χ3n) is 5.20. The SMILES string of the molecule is COCCN1CCN(C(=O)C[C@@H](c2ccccc2)c2ccccc2Cl)CC1. The molecule has 3 rings (SSSR count). The summed E-state index contributed by atoms with van der Waals surface area (Å²) < 4.78 is 5.15. The van der Waals surface area contributed by atoms with Crippen LogP contribution in [-0.2, 0) is 9.53 Å². The van der Waals surface area contributed by atoms with E-state index in [9.17, 15) is 4.79 Å². The molecule has 144 valence electrons. The van der Waals surface area contributed by atoms with Gasteiger partial charge in [0.1, 0.15) is 0 Å². The van der Waals surface area contributed by atoms with Crippen molar-refractivity contribution >= 4 is 17.5 Å². The number of rotatable bonds is 7. The predicted octanol–water partition coefficient (Wildman–Crippen LogP) is 3.65. The predicted molar refractivity (Wildman–Crippen MR) is 109 cm³/mol. The van der Waals surface area contributed by atoms with E-state index in [1.807, 2.05) is 47.4 Å². The van der Waals surface area contributed by atoms with Gasteiger partial charge in [-0.2, -0.15) is 0 Å². The monoisotopic (exact) mass is 386 g/mol. The molecule has 1 aliphatic heterocycles. The van der Waals surface area contributed by atoms with Crippen LogP contribution in [0.5, 0.6) is 0 Å². The third kappa shape index (κ3) is 5.32. The van der Waals surface area contributed by atoms with Crippen LogP contribution in [0.3, 0.4) is 0 Å². The topological polar surface area (TPSA) is 32.8 Å². The fourth-order valence-electron chi connectivity index (χ4n) is 3.60. The lowest BCUT2D eigenvalue weighted by atomic mass is 9.88. The van der Waals surface area contributed by atoms with Gasteiger partial charge in [0, 0.05) is 57.2 Å². The van der Waals surface area contributed by atoms with Gasteiger partial charge < -0.3 is 9.64 Å². The average Bonchev–Trinajstić information content (AvgIpc) is 2.72. The van der Waals surface area contributed by atoms with E-state index in [2.05, 4.69) is 17.0 Å². The van der Waals surface area contributed by atoms with Crippen molar-refractivity contribution in [1.82, 2.24) is 9.80 Å². The maximum Gasteiger partial charge on any atom is 0.223 e. The zero-order chi connectivity index (χ0) is 19.1. The van der Waals surface area contributed by atoms with Crippen LogP contribution >= 0.6 is 11.6 Å². The first-order chi connectivity index (χ1) is 13.2. The smallest absolute Gasteiger partial charge is 0.223 e. The molecule has 0 bridgehead atoms. The number of ether oxygens (including phenoxy) is 1. The second kappa shape index (κ2) is 9.88. The van der Waals surface area contributed by atoms with Crippen molar-refractivity contribution in [3.63, 3.8) is 0 Å². The molecule has 0 aromatic heterocycles. The van der Waals surface area contributed by atoms with E-state index in [-0.39, 0.29) is 11.8 Å². The van der Waals surface area contributed by atoms with Crippen LogP contribution in [0, 0.1) is 0 Å². The van der Waals surface area contributed by atoms with Gasteiger partial charge in [-0.05, 0) is 17.2 Å². The number of nitrogens with zero attached hydrogens (tertiary/aromatic N) is 2. The normalized spacial score (nSPS) is 16.3. The van der Waals surface area contributed by atoms with Gasteiger partial charge >= 0.3 is 0 Å². The van der Waals surface area contributed by atoms with Crippen molar-refractivity contribution in [2.24, 2.45) is 0 Å². The number of piperazine rings is 1. The average molecular weight is 387 g/mol. The number of halogens is 1. The summed E-state index contributed by atoms with van der Waals surface area (Å²) in [5, 5.41) is 0.712. The molecule has 0 radical (unpaired) electrons. The molecule has 0 aliphatic carbocycles. The highest BCUT2D eigenvalue weighted by Gasteiger charge is 2.26. The molecular weight excluding hydrogens is 360 g/mol. The van der Waals surface area contributed by atoms with E-state index >= 15 is 0 Å². The van der Waals surface area contributed by atoms with Crippen molar-refractivity contribution in [3.05, 3.63) is 70.7 Å².